The number of nitrogens with zero attached hydrogens (tertiary/aromatic N) is 4. The highest BCUT2D eigenvalue weighted by Gasteiger charge is 2.43. The summed E-state index contributed by atoms with van der Waals surface area (Å²) in [6.45, 7) is 1.90. The van der Waals surface area contributed by atoms with Gasteiger partial charge in [-0.25, -0.2) is 13.5 Å². The van der Waals surface area contributed by atoms with Gasteiger partial charge in [-0.15, -0.1) is 10.2 Å². The largest absolute Gasteiger partial charge is 0.311 e. The SMILES string of the molecule is Cc1cc(-c2nnc(C(F)F)s2)n2cc(SNC3(C#N)CC3)cc(Cl)c12. The van der Waals surface area contributed by atoms with Gasteiger partial charge in [-0.2, -0.15) is 5.26 Å². The normalized spacial score (nSPS) is 15.5. The third-order valence-electron chi connectivity index (χ3n) is 4.15. The molecule has 3 heterocycles. The molecule has 1 saturated carbocycles. The van der Waals surface area contributed by atoms with Gasteiger partial charge >= 0.3 is 0 Å². The van der Waals surface area contributed by atoms with Gasteiger partial charge in [0, 0.05) is 11.1 Å². The fourth-order valence-corrected chi connectivity index (χ4v) is 4.65. The van der Waals surface area contributed by atoms with Gasteiger partial charge in [0.15, 0.2) is 10.0 Å². The number of halogens is 3. The quantitative estimate of drug-likeness (QED) is 0.598. The van der Waals surface area contributed by atoms with Crippen molar-refractivity contribution in [2.45, 2.75) is 36.6 Å². The van der Waals surface area contributed by atoms with Crippen molar-refractivity contribution in [3.63, 3.8) is 0 Å². The van der Waals surface area contributed by atoms with Crippen molar-refractivity contribution < 1.29 is 8.78 Å². The van der Waals surface area contributed by atoms with E-state index in [9.17, 15) is 14.0 Å². The maximum Gasteiger partial charge on any atom is 0.291 e. The smallest absolute Gasteiger partial charge is 0.291 e. The van der Waals surface area contributed by atoms with Crippen molar-refractivity contribution in [1.29, 1.82) is 5.26 Å². The van der Waals surface area contributed by atoms with Gasteiger partial charge in [0.2, 0.25) is 0 Å². The van der Waals surface area contributed by atoms with Crippen LogP contribution in [-0.4, -0.2) is 20.1 Å². The molecule has 1 aliphatic carbocycles. The van der Waals surface area contributed by atoms with Crippen LogP contribution in [0.25, 0.3) is 16.2 Å². The second kappa shape index (κ2) is 6.46. The molecule has 4 rings (SSSR count). The Morgan fingerprint density at radius 1 is 1.42 bits per heavy atom. The van der Waals surface area contributed by atoms with Crippen molar-refractivity contribution in [2.75, 3.05) is 0 Å². The molecule has 0 unspecified atom stereocenters. The summed E-state index contributed by atoms with van der Waals surface area (Å²) in [5.74, 6) is 0. The first kappa shape index (κ1) is 17.7. The molecule has 0 aromatic carbocycles. The van der Waals surface area contributed by atoms with E-state index in [1.807, 2.05) is 29.7 Å². The summed E-state index contributed by atoms with van der Waals surface area (Å²) in [5, 5.41) is 17.3. The zero-order valence-corrected chi connectivity index (χ0v) is 15.9. The molecule has 10 heteroatoms. The molecule has 1 N–H and O–H groups in total. The standard InChI is InChI=1S/C16H12ClF2N5S2/c1-8-4-11(14-21-22-15(25-14)13(18)19)24-6-9(5-10(17)12(8)24)26-23-16(7-20)2-3-16/h4-6,13,23H,2-3H2,1H3. The lowest BCUT2D eigenvalue weighted by atomic mass is 10.3. The number of nitriles is 1. The van der Waals surface area contributed by atoms with Crippen LogP contribution in [0.3, 0.4) is 0 Å². The van der Waals surface area contributed by atoms with Crippen molar-refractivity contribution >= 4 is 40.4 Å². The zero-order valence-electron chi connectivity index (χ0n) is 13.5. The van der Waals surface area contributed by atoms with Crippen LogP contribution in [0.1, 0.15) is 29.8 Å². The number of hydrogen-bond donors (Lipinski definition) is 1. The molecule has 0 spiro atoms. The highest BCUT2D eigenvalue weighted by Crippen LogP contribution is 2.39. The minimum atomic E-state index is -2.65. The summed E-state index contributed by atoms with van der Waals surface area (Å²) in [5.41, 5.74) is 1.90. The lowest BCUT2D eigenvalue weighted by Crippen LogP contribution is -2.22. The Labute approximate surface area is 161 Å². The summed E-state index contributed by atoms with van der Waals surface area (Å²) in [4.78, 5) is 0.819. The average Bonchev–Trinajstić information content (AvgIpc) is 3.07. The molecule has 3 aromatic heterocycles. The fraction of sp³-hybridized carbons (Fsp3) is 0.312. The molecule has 134 valence electrons. The topological polar surface area (TPSA) is 66.0 Å². The highest BCUT2D eigenvalue weighted by atomic mass is 35.5. The Balaban J connectivity index is 1.75. The lowest BCUT2D eigenvalue weighted by molar-refractivity contribution is 0.150. The molecule has 0 atom stereocenters. The Bertz CT molecular complexity index is 1040. The first-order valence-corrected chi connectivity index (χ1v) is 9.72. The minimum absolute atomic E-state index is 0.310. The number of pyridine rings is 1. The molecule has 0 saturated heterocycles. The number of aryl methyl sites for hydroxylation is 1. The van der Waals surface area contributed by atoms with E-state index in [1.165, 1.54) is 11.9 Å². The monoisotopic (exact) mass is 411 g/mol. The first-order chi connectivity index (χ1) is 12.4. The maximum atomic E-state index is 12.8. The van der Waals surface area contributed by atoms with Crippen molar-refractivity contribution in [3.8, 4) is 16.8 Å². The third kappa shape index (κ3) is 3.07. The van der Waals surface area contributed by atoms with Gasteiger partial charge in [0.05, 0.1) is 22.3 Å². The van der Waals surface area contributed by atoms with E-state index in [2.05, 4.69) is 21.0 Å². The maximum absolute atomic E-state index is 12.8. The van der Waals surface area contributed by atoms with Crippen LogP contribution in [-0.2, 0) is 0 Å². The number of hydrogen-bond acceptors (Lipinski definition) is 6. The van der Waals surface area contributed by atoms with E-state index in [-0.39, 0.29) is 5.01 Å². The summed E-state index contributed by atoms with van der Waals surface area (Å²) in [6.07, 6.45) is 0.856. The third-order valence-corrected chi connectivity index (χ3v) is 6.35. The van der Waals surface area contributed by atoms with Crippen LogP contribution < -0.4 is 4.72 Å². The molecular formula is C16H12ClF2N5S2. The van der Waals surface area contributed by atoms with E-state index >= 15 is 0 Å². The van der Waals surface area contributed by atoms with Gasteiger partial charge in [-0.3, -0.25) is 0 Å². The van der Waals surface area contributed by atoms with Crippen LogP contribution in [0.15, 0.2) is 23.2 Å². The predicted molar refractivity (Wildman–Crippen MR) is 97.6 cm³/mol. The van der Waals surface area contributed by atoms with Crippen LogP contribution in [0.2, 0.25) is 5.02 Å². The molecule has 1 fully saturated rings. The van der Waals surface area contributed by atoms with Crippen LogP contribution >= 0.6 is 34.9 Å². The number of alkyl halides is 2. The molecule has 5 nitrogen and oxygen atoms in total. The van der Waals surface area contributed by atoms with E-state index in [0.717, 1.165) is 40.2 Å². The van der Waals surface area contributed by atoms with Crippen molar-refractivity contribution in [1.82, 2.24) is 19.3 Å². The summed E-state index contributed by atoms with van der Waals surface area (Å²) in [7, 11) is 0. The van der Waals surface area contributed by atoms with E-state index < -0.39 is 12.0 Å². The summed E-state index contributed by atoms with van der Waals surface area (Å²) in [6, 6.07) is 5.95. The van der Waals surface area contributed by atoms with Crippen molar-refractivity contribution in [3.05, 3.63) is 33.9 Å². The highest BCUT2D eigenvalue weighted by molar-refractivity contribution is 7.97. The Morgan fingerprint density at radius 2 is 2.19 bits per heavy atom. The number of rotatable bonds is 5. The lowest BCUT2D eigenvalue weighted by Gasteiger charge is -2.10. The van der Waals surface area contributed by atoms with E-state index in [4.69, 9.17) is 11.6 Å². The fourth-order valence-electron chi connectivity index (χ4n) is 2.61. The Morgan fingerprint density at radius 3 is 2.81 bits per heavy atom. The van der Waals surface area contributed by atoms with Crippen LogP contribution in [0, 0.1) is 18.3 Å². The Hall–Kier alpha value is -1.73. The van der Waals surface area contributed by atoms with Crippen LogP contribution in [0.5, 0.6) is 0 Å². The predicted octanol–water partition coefficient (Wildman–Crippen LogP) is 5.01. The molecule has 0 bridgehead atoms. The molecule has 1 aliphatic rings. The minimum Gasteiger partial charge on any atom is -0.311 e. The van der Waals surface area contributed by atoms with Gasteiger partial charge in [0.1, 0.15) is 5.54 Å². The van der Waals surface area contributed by atoms with Gasteiger partial charge in [0.25, 0.3) is 6.43 Å². The van der Waals surface area contributed by atoms with Crippen molar-refractivity contribution in [2.24, 2.45) is 0 Å². The Kier molecular flexibility index (Phi) is 4.39. The number of aromatic nitrogens is 3. The van der Waals surface area contributed by atoms with E-state index in [0.29, 0.717) is 15.7 Å². The molecule has 0 radical (unpaired) electrons. The number of fused-ring (bicyclic) bond motifs is 1. The zero-order chi connectivity index (χ0) is 18.5. The second-order valence-electron chi connectivity index (χ2n) is 6.10. The van der Waals surface area contributed by atoms with Gasteiger partial charge < -0.3 is 4.40 Å². The first-order valence-electron chi connectivity index (χ1n) is 7.71. The van der Waals surface area contributed by atoms with Gasteiger partial charge in [-0.05, 0) is 49.4 Å². The summed E-state index contributed by atoms with van der Waals surface area (Å²) < 4.78 is 30.7. The molecule has 3 aromatic rings. The van der Waals surface area contributed by atoms with E-state index in [1.54, 1.807) is 0 Å². The summed E-state index contributed by atoms with van der Waals surface area (Å²) >= 11 is 8.64. The average molecular weight is 412 g/mol. The van der Waals surface area contributed by atoms with Crippen LogP contribution in [0.4, 0.5) is 8.78 Å². The molecule has 0 aliphatic heterocycles. The molecule has 26 heavy (non-hydrogen) atoms. The second-order valence-corrected chi connectivity index (χ2v) is 8.40. The number of nitrogens with one attached hydrogen (secondary N) is 1. The molecular weight excluding hydrogens is 400 g/mol. The van der Waals surface area contributed by atoms with Gasteiger partial charge in [-0.1, -0.05) is 22.9 Å². The molecule has 0 amide bonds.